The third kappa shape index (κ3) is 9.91. The van der Waals surface area contributed by atoms with Crippen LogP contribution in [0.3, 0.4) is 0 Å². The molecule has 35 heavy (non-hydrogen) atoms. The van der Waals surface area contributed by atoms with Crippen LogP contribution in [0, 0.1) is 12.3 Å². The number of hydrogen-bond donors (Lipinski definition) is 2. The Bertz CT molecular complexity index is 921. The lowest BCUT2D eigenvalue weighted by molar-refractivity contribution is -0.144. The zero-order valence-corrected chi connectivity index (χ0v) is 22.0. The Morgan fingerprint density at radius 3 is 2.29 bits per heavy atom. The maximum atomic E-state index is 13.7. The van der Waals surface area contributed by atoms with Gasteiger partial charge in [-0.1, -0.05) is 18.1 Å². The van der Waals surface area contributed by atoms with Crippen LogP contribution in [-0.4, -0.2) is 72.6 Å². The number of amides is 3. The number of terminal acetylenes is 1. The average molecular weight is 506 g/mol. The number of nitrogens with one attached hydrogen (secondary N) is 2. The lowest BCUT2D eigenvalue weighted by Crippen LogP contribution is -2.53. The third-order valence-electron chi connectivity index (χ3n) is 4.81. The highest BCUT2D eigenvalue weighted by Gasteiger charge is 2.35. The molecule has 2 unspecified atom stereocenters. The molecule has 0 fully saturated rings. The molecule has 3 amide bonds. The van der Waals surface area contributed by atoms with Crippen LogP contribution in [-0.2, 0) is 23.9 Å². The van der Waals surface area contributed by atoms with E-state index in [9.17, 15) is 19.2 Å². The van der Waals surface area contributed by atoms with Crippen molar-refractivity contribution in [2.75, 3.05) is 32.2 Å². The van der Waals surface area contributed by atoms with Gasteiger partial charge < -0.3 is 25.0 Å². The van der Waals surface area contributed by atoms with Crippen molar-refractivity contribution in [3.8, 4) is 12.3 Å². The summed E-state index contributed by atoms with van der Waals surface area (Å²) in [7, 11) is 1.21. The van der Waals surface area contributed by atoms with Crippen LogP contribution in [0.15, 0.2) is 24.3 Å². The molecule has 2 N–H and O–H groups in total. The standard InChI is InChI=1S/C25H35N3O6S/c1-8-17-10-12-18(13-11-17)21(22(30)26-16-20(29)33-6)28(9-2)23(31)19(14-15-35-7)27-24(32)34-25(3,4)5/h1,10-13,19,21H,9,14-16H2,2-7H3,(H,26,30)(H,27,32). The van der Waals surface area contributed by atoms with Crippen LogP contribution < -0.4 is 10.6 Å². The van der Waals surface area contributed by atoms with Gasteiger partial charge in [0.1, 0.15) is 24.2 Å². The molecule has 0 aliphatic carbocycles. The zero-order valence-electron chi connectivity index (χ0n) is 21.2. The number of alkyl carbamates (subject to hydrolysis) is 1. The minimum atomic E-state index is -1.07. The first-order valence-electron chi connectivity index (χ1n) is 11.2. The topological polar surface area (TPSA) is 114 Å². The Balaban J connectivity index is 3.33. The summed E-state index contributed by atoms with van der Waals surface area (Å²) in [6, 6.07) is 4.66. The molecule has 0 saturated carbocycles. The Labute approximate surface area is 211 Å². The van der Waals surface area contributed by atoms with E-state index in [1.165, 1.54) is 23.8 Å². The maximum Gasteiger partial charge on any atom is 0.408 e. The van der Waals surface area contributed by atoms with Crippen molar-refractivity contribution in [1.29, 1.82) is 0 Å². The van der Waals surface area contributed by atoms with Gasteiger partial charge in [-0.2, -0.15) is 11.8 Å². The monoisotopic (exact) mass is 505 g/mol. The molecule has 1 aromatic carbocycles. The fourth-order valence-electron chi connectivity index (χ4n) is 3.17. The molecular formula is C25H35N3O6S. The number of likely N-dealkylation sites (N-methyl/N-ethyl adjacent to an activating group) is 1. The molecule has 2 atom stereocenters. The predicted octanol–water partition coefficient (Wildman–Crippen LogP) is 2.49. The average Bonchev–Trinajstić information content (AvgIpc) is 2.81. The van der Waals surface area contributed by atoms with Gasteiger partial charge in [0.15, 0.2) is 0 Å². The van der Waals surface area contributed by atoms with Crippen LogP contribution >= 0.6 is 11.8 Å². The van der Waals surface area contributed by atoms with Crippen molar-refractivity contribution < 1.29 is 28.7 Å². The van der Waals surface area contributed by atoms with Crippen LogP contribution in [0.4, 0.5) is 4.79 Å². The maximum absolute atomic E-state index is 13.7. The summed E-state index contributed by atoms with van der Waals surface area (Å²) >= 11 is 1.52. The van der Waals surface area contributed by atoms with Crippen molar-refractivity contribution in [1.82, 2.24) is 15.5 Å². The Morgan fingerprint density at radius 1 is 1.17 bits per heavy atom. The highest BCUT2D eigenvalue weighted by atomic mass is 32.2. The number of thioether (sulfide) groups is 1. The van der Waals surface area contributed by atoms with Gasteiger partial charge in [0.2, 0.25) is 11.8 Å². The number of nitrogens with zero attached hydrogens (tertiary/aromatic N) is 1. The normalized spacial score (nSPS) is 12.5. The molecular weight excluding hydrogens is 470 g/mol. The van der Waals surface area contributed by atoms with E-state index in [1.807, 2.05) is 6.26 Å². The fourth-order valence-corrected chi connectivity index (χ4v) is 3.64. The number of benzene rings is 1. The van der Waals surface area contributed by atoms with Gasteiger partial charge in [-0.15, -0.1) is 6.42 Å². The van der Waals surface area contributed by atoms with Crippen molar-refractivity contribution in [3.05, 3.63) is 35.4 Å². The number of methoxy groups -OCH3 is 1. The second-order valence-electron chi connectivity index (χ2n) is 8.57. The number of rotatable bonds is 11. The highest BCUT2D eigenvalue weighted by molar-refractivity contribution is 7.98. The van der Waals surface area contributed by atoms with Crippen LogP contribution in [0.5, 0.6) is 0 Å². The minimum absolute atomic E-state index is 0.164. The number of carbonyl (C=O) groups excluding carboxylic acids is 4. The first kappa shape index (κ1) is 29.8. The first-order valence-corrected chi connectivity index (χ1v) is 12.6. The van der Waals surface area contributed by atoms with Gasteiger partial charge in [-0.3, -0.25) is 14.4 Å². The summed E-state index contributed by atoms with van der Waals surface area (Å²) in [5.74, 6) is 1.46. The Hall–Kier alpha value is -3.19. The molecule has 0 aliphatic rings. The number of esters is 1. The summed E-state index contributed by atoms with van der Waals surface area (Å²) in [5, 5.41) is 5.17. The molecule has 0 aromatic heterocycles. The van der Waals surface area contributed by atoms with Crippen LogP contribution in [0.2, 0.25) is 0 Å². The summed E-state index contributed by atoms with van der Waals surface area (Å²) in [5.41, 5.74) is 0.375. The van der Waals surface area contributed by atoms with Gasteiger partial charge in [0, 0.05) is 12.1 Å². The molecule has 1 aromatic rings. The third-order valence-corrected chi connectivity index (χ3v) is 5.46. The van der Waals surface area contributed by atoms with E-state index >= 15 is 0 Å². The fraction of sp³-hybridized carbons (Fsp3) is 0.520. The van der Waals surface area contributed by atoms with Gasteiger partial charge in [0.25, 0.3) is 0 Å². The minimum Gasteiger partial charge on any atom is -0.468 e. The molecule has 0 aliphatic heterocycles. The van der Waals surface area contributed by atoms with E-state index in [0.29, 0.717) is 23.3 Å². The summed E-state index contributed by atoms with van der Waals surface area (Å²) in [6.07, 6.45) is 6.95. The van der Waals surface area contributed by atoms with E-state index < -0.39 is 41.6 Å². The van der Waals surface area contributed by atoms with E-state index in [0.717, 1.165) is 0 Å². The van der Waals surface area contributed by atoms with Crippen molar-refractivity contribution in [2.24, 2.45) is 0 Å². The van der Waals surface area contributed by atoms with Crippen molar-refractivity contribution in [2.45, 2.75) is 51.8 Å². The van der Waals surface area contributed by atoms with Crippen LogP contribution in [0.25, 0.3) is 0 Å². The molecule has 0 saturated heterocycles. The van der Waals surface area contributed by atoms with Crippen LogP contribution in [0.1, 0.15) is 51.3 Å². The Morgan fingerprint density at radius 2 is 1.80 bits per heavy atom. The number of ether oxygens (including phenoxy) is 2. The largest absolute Gasteiger partial charge is 0.468 e. The zero-order chi connectivity index (χ0) is 26.6. The molecule has 192 valence electrons. The molecule has 0 spiro atoms. The highest BCUT2D eigenvalue weighted by Crippen LogP contribution is 2.24. The summed E-state index contributed by atoms with van der Waals surface area (Å²) in [4.78, 5) is 52.3. The quantitative estimate of drug-likeness (QED) is 0.351. The predicted molar refractivity (Wildman–Crippen MR) is 136 cm³/mol. The van der Waals surface area contributed by atoms with E-state index in [-0.39, 0.29) is 13.1 Å². The van der Waals surface area contributed by atoms with E-state index in [1.54, 1.807) is 52.0 Å². The second kappa shape index (κ2) is 14.3. The first-order chi connectivity index (χ1) is 16.5. The Kier molecular flexibility index (Phi) is 12.2. The molecule has 10 heteroatoms. The van der Waals surface area contributed by atoms with Gasteiger partial charge in [0.05, 0.1) is 7.11 Å². The second-order valence-corrected chi connectivity index (χ2v) is 9.55. The lowest BCUT2D eigenvalue weighted by atomic mass is 10.0. The van der Waals surface area contributed by atoms with E-state index in [2.05, 4.69) is 21.3 Å². The summed E-state index contributed by atoms with van der Waals surface area (Å²) in [6.45, 7) is 6.72. The SMILES string of the molecule is C#Cc1ccc(C(C(=O)NCC(=O)OC)N(CC)C(=O)C(CCSC)NC(=O)OC(C)(C)C)cc1. The van der Waals surface area contributed by atoms with Gasteiger partial charge in [-0.25, -0.2) is 4.79 Å². The van der Waals surface area contributed by atoms with E-state index in [4.69, 9.17) is 11.2 Å². The number of carbonyl (C=O) groups is 4. The molecule has 9 nitrogen and oxygen atoms in total. The lowest BCUT2D eigenvalue weighted by Gasteiger charge is -2.33. The van der Waals surface area contributed by atoms with Gasteiger partial charge >= 0.3 is 12.1 Å². The van der Waals surface area contributed by atoms with Crippen molar-refractivity contribution >= 4 is 35.6 Å². The molecule has 0 radical (unpaired) electrons. The van der Waals surface area contributed by atoms with Crippen molar-refractivity contribution in [3.63, 3.8) is 0 Å². The smallest absolute Gasteiger partial charge is 0.408 e. The number of hydrogen-bond acceptors (Lipinski definition) is 7. The molecule has 0 bridgehead atoms. The summed E-state index contributed by atoms with van der Waals surface area (Å²) < 4.78 is 9.93. The molecule has 0 heterocycles. The molecule has 1 rings (SSSR count). The van der Waals surface area contributed by atoms with Gasteiger partial charge in [-0.05, 0) is 63.8 Å².